The number of likely N-dealkylation sites (tertiary alicyclic amines) is 1. The molecule has 4 aromatic rings. The number of aromatic nitrogens is 3. The summed E-state index contributed by atoms with van der Waals surface area (Å²) in [6, 6.07) is 18.2. The molecule has 1 saturated heterocycles. The molecule has 0 bridgehead atoms. The number of hydrogen-bond donors (Lipinski definition) is 3. The van der Waals surface area contributed by atoms with Gasteiger partial charge in [-0.05, 0) is 48.2 Å². The summed E-state index contributed by atoms with van der Waals surface area (Å²) in [6.07, 6.45) is 6.96. The Morgan fingerprint density at radius 1 is 1.08 bits per heavy atom. The van der Waals surface area contributed by atoms with Crippen LogP contribution in [0.2, 0.25) is 0 Å². The molecular weight excluding hydrogens is 495 g/mol. The average molecular weight is 527 g/mol. The smallest absolute Gasteiger partial charge is 0.255 e. The molecule has 8 nitrogen and oxygen atoms in total. The van der Waals surface area contributed by atoms with Crippen LogP contribution in [0.15, 0.2) is 79.1 Å². The molecule has 39 heavy (non-hydrogen) atoms. The van der Waals surface area contributed by atoms with Gasteiger partial charge in [-0.2, -0.15) is 5.10 Å². The second-order valence-corrected chi connectivity index (χ2v) is 10.4. The normalized spacial score (nSPS) is 20.3. The van der Waals surface area contributed by atoms with Gasteiger partial charge in [0.25, 0.3) is 5.91 Å². The predicted octanol–water partition coefficient (Wildman–Crippen LogP) is 3.66. The molecule has 0 saturated carbocycles. The maximum Gasteiger partial charge on any atom is 0.255 e. The molecule has 6 rings (SSSR count). The lowest BCUT2D eigenvalue weighted by Gasteiger charge is -2.33. The summed E-state index contributed by atoms with van der Waals surface area (Å²) in [5, 5.41) is 11.4. The van der Waals surface area contributed by atoms with Crippen LogP contribution in [0.1, 0.15) is 40.0 Å². The summed E-state index contributed by atoms with van der Waals surface area (Å²) in [5.41, 5.74) is 3.44. The van der Waals surface area contributed by atoms with E-state index in [0.29, 0.717) is 24.9 Å². The van der Waals surface area contributed by atoms with Crippen molar-refractivity contribution in [3.05, 3.63) is 102 Å². The largest absolute Gasteiger partial charge is 0.356 e. The Kier molecular flexibility index (Phi) is 6.74. The van der Waals surface area contributed by atoms with E-state index in [1.54, 1.807) is 23.2 Å². The molecule has 2 aromatic heterocycles. The van der Waals surface area contributed by atoms with Crippen LogP contribution < -0.4 is 10.6 Å². The standard InChI is InChI=1S/C30H31FN6O2/c31-25-9-12-36(13-10-25)17-22-6-7-26-23(14-22)15-27(34-26)30(11-8-28(38)32-20-30)35-29(39)24-16-33-37(19-24)18-21-4-2-1-3-5-21/h1-8,11,14-16,19,25,34H,9-10,12-13,17-18,20H2,(H,32,38)(H,35,39). The fourth-order valence-corrected chi connectivity index (χ4v) is 5.35. The Hall–Kier alpha value is -4.24. The summed E-state index contributed by atoms with van der Waals surface area (Å²) in [7, 11) is 0. The number of nitrogens with zero attached hydrogens (tertiary/aromatic N) is 3. The Bertz CT molecular complexity index is 1520. The zero-order valence-corrected chi connectivity index (χ0v) is 21.6. The van der Waals surface area contributed by atoms with Gasteiger partial charge in [0.15, 0.2) is 0 Å². The quantitative estimate of drug-likeness (QED) is 0.343. The van der Waals surface area contributed by atoms with Gasteiger partial charge in [-0.15, -0.1) is 0 Å². The molecule has 1 fully saturated rings. The predicted molar refractivity (Wildman–Crippen MR) is 147 cm³/mol. The van der Waals surface area contributed by atoms with Crippen molar-refractivity contribution in [3.8, 4) is 0 Å². The van der Waals surface area contributed by atoms with E-state index in [2.05, 4.69) is 37.7 Å². The van der Waals surface area contributed by atoms with Crippen LogP contribution in [0.3, 0.4) is 0 Å². The Balaban J connectivity index is 1.23. The average Bonchev–Trinajstić information content (AvgIpc) is 3.59. The van der Waals surface area contributed by atoms with Gasteiger partial charge >= 0.3 is 0 Å². The molecule has 4 heterocycles. The number of fused-ring (bicyclic) bond motifs is 1. The van der Waals surface area contributed by atoms with Crippen LogP contribution in [-0.2, 0) is 23.4 Å². The van der Waals surface area contributed by atoms with Crippen LogP contribution in [0.5, 0.6) is 0 Å². The second kappa shape index (κ2) is 10.5. The molecule has 1 atom stereocenters. The fourth-order valence-electron chi connectivity index (χ4n) is 5.35. The van der Waals surface area contributed by atoms with Gasteiger partial charge in [0.2, 0.25) is 5.91 Å². The number of amides is 2. The van der Waals surface area contributed by atoms with Crippen LogP contribution in [0.4, 0.5) is 4.39 Å². The van der Waals surface area contributed by atoms with Crippen LogP contribution >= 0.6 is 0 Å². The van der Waals surface area contributed by atoms with Crippen molar-refractivity contribution < 1.29 is 14.0 Å². The van der Waals surface area contributed by atoms with E-state index in [1.807, 2.05) is 42.5 Å². The molecule has 0 spiro atoms. The summed E-state index contributed by atoms with van der Waals surface area (Å²) < 4.78 is 15.3. The van der Waals surface area contributed by atoms with Gasteiger partial charge in [-0.25, -0.2) is 4.39 Å². The van der Waals surface area contributed by atoms with Gasteiger partial charge in [-0.1, -0.05) is 36.4 Å². The van der Waals surface area contributed by atoms with Crippen molar-refractivity contribution in [1.29, 1.82) is 0 Å². The highest BCUT2D eigenvalue weighted by Gasteiger charge is 2.36. The minimum atomic E-state index is -0.950. The van der Waals surface area contributed by atoms with E-state index in [4.69, 9.17) is 0 Å². The van der Waals surface area contributed by atoms with Gasteiger partial charge < -0.3 is 15.6 Å². The number of H-pyrrole nitrogens is 1. The van der Waals surface area contributed by atoms with Crippen molar-refractivity contribution >= 4 is 22.7 Å². The molecule has 0 aliphatic carbocycles. The summed E-state index contributed by atoms with van der Waals surface area (Å²) in [6.45, 7) is 3.07. The van der Waals surface area contributed by atoms with Crippen molar-refractivity contribution in [2.45, 2.75) is 37.6 Å². The lowest BCUT2D eigenvalue weighted by atomic mass is 9.91. The Morgan fingerprint density at radius 2 is 1.90 bits per heavy atom. The summed E-state index contributed by atoms with van der Waals surface area (Å²) >= 11 is 0. The molecule has 2 aliphatic rings. The SMILES string of the molecule is O=C1C=CC(NC(=O)c2cnn(Cc3ccccc3)c2)(c2cc3cc(CN4CCC(F)CC4)ccc3[nH]2)CN1. The molecule has 9 heteroatoms. The number of alkyl halides is 1. The highest BCUT2D eigenvalue weighted by molar-refractivity contribution is 5.96. The molecule has 2 aromatic carbocycles. The third-order valence-electron chi connectivity index (χ3n) is 7.57. The molecule has 200 valence electrons. The van der Waals surface area contributed by atoms with Gasteiger partial charge in [0.05, 0.1) is 24.8 Å². The zero-order valence-electron chi connectivity index (χ0n) is 21.6. The number of piperidine rings is 1. The minimum Gasteiger partial charge on any atom is -0.356 e. The number of nitrogens with one attached hydrogen (secondary N) is 3. The van der Waals surface area contributed by atoms with E-state index < -0.39 is 11.7 Å². The number of rotatable bonds is 7. The van der Waals surface area contributed by atoms with E-state index in [-0.39, 0.29) is 18.4 Å². The fraction of sp³-hybridized carbons (Fsp3) is 0.300. The highest BCUT2D eigenvalue weighted by atomic mass is 19.1. The molecule has 0 radical (unpaired) electrons. The number of carbonyl (C=O) groups is 2. The van der Waals surface area contributed by atoms with Crippen molar-refractivity contribution in [1.82, 2.24) is 30.3 Å². The third kappa shape index (κ3) is 5.49. The van der Waals surface area contributed by atoms with Crippen LogP contribution in [-0.4, -0.2) is 57.3 Å². The maximum atomic E-state index is 13.5. The van der Waals surface area contributed by atoms with Gasteiger partial charge in [0, 0.05) is 48.5 Å². The van der Waals surface area contributed by atoms with E-state index in [9.17, 15) is 14.0 Å². The van der Waals surface area contributed by atoms with E-state index in [0.717, 1.165) is 47.4 Å². The van der Waals surface area contributed by atoms with Gasteiger partial charge in [0.1, 0.15) is 11.7 Å². The van der Waals surface area contributed by atoms with E-state index >= 15 is 0 Å². The first-order chi connectivity index (χ1) is 19.0. The first-order valence-electron chi connectivity index (χ1n) is 13.3. The van der Waals surface area contributed by atoms with Crippen molar-refractivity contribution in [2.75, 3.05) is 19.6 Å². The molecular formula is C30H31FN6O2. The van der Waals surface area contributed by atoms with Crippen LogP contribution in [0, 0.1) is 0 Å². The molecule has 3 N–H and O–H groups in total. The third-order valence-corrected chi connectivity index (χ3v) is 7.57. The maximum absolute atomic E-state index is 13.5. The molecule has 1 unspecified atom stereocenters. The number of aromatic amines is 1. The number of hydrogen-bond acceptors (Lipinski definition) is 4. The second-order valence-electron chi connectivity index (χ2n) is 10.4. The van der Waals surface area contributed by atoms with Crippen LogP contribution in [0.25, 0.3) is 10.9 Å². The zero-order chi connectivity index (χ0) is 26.8. The van der Waals surface area contributed by atoms with E-state index in [1.165, 1.54) is 6.08 Å². The highest BCUT2D eigenvalue weighted by Crippen LogP contribution is 2.29. The first-order valence-corrected chi connectivity index (χ1v) is 13.3. The van der Waals surface area contributed by atoms with Crippen molar-refractivity contribution in [2.24, 2.45) is 0 Å². The summed E-state index contributed by atoms with van der Waals surface area (Å²) in [4.78, 5) is 31.1. The first kappa shape index (κ1) is 25.1. The summed E-state index contributed by atoms with van der Waals surface area (Å²) in [5.74, 6) is -0.489. The lowest BCUT2D eigenvalue weighted by molar-refractivity contribution is -0.117. The van der Waals surface area contributed by atoms with Gasteiger partial charge in [-0.3, -0.25) is 19.2 Å². The monoisotopic (exact) mass is 526 g/mol. The lowest BCUT2D eigenvalue weighted by Crippen LogP contribution is -2.54. The molecule has 2 aliphatic heterocycles. The molecule has 2 amide bonds. The Labute approximate surface area is 225 Å². The number of carbonyl (C=O) groups excluding carboxylic acids is 2. The number of halogens is 1. The minimum absolute atomic E-state index is 0.203. The van der Waals surface area contributed by atoms with Crippen molar-refractivity contribution in [3.63, 3.8) is 0 Å². The number of benzene rings is 2. The topological polar surface area (TPSA) is 95.1 Å². The Morgan fingerprint density at radius 3 is 2.67 bits per heavy atom.